The Kier molecular flexibility index (Phi) is 2.76. The number of hydrogen-bond acceptors (Lipinski definition) is 5. The second-order valence-corrected chi connectivity index (χ2v) is 4.59. The van der Waals surface area contributed by atoms with Gasteiger partial charge in [0, 0.05) is 26.2 Å². The fourth-order valence-electron chi connectivity index (χ4n) is 2.14. The summed E-state index contributed by atoms with van der Waals surface area (Å²) >= 11 is 0. The summed E-state index contributed by atoms with van der Waals surface area (Å²) in [4.78, 5) is 20.6. The lowest BCUT2D eigenvalue weighted by molar-refractivity contribution is 0.302. The first kappa shape index (κ1) is 11.2. The molecule has 0 spiro atoms. The van der Waals surface area contributed by atoms with Gasteiger partial charge in [-0.3, -0.25) is 0 Å². The van der Waals surface area contributed by atoms with Crippen LogP contribution >= 0.6 is 0 Å². The molecule has 0 saturated carbocycles. The Bertz CT molecular complexity index is 615. The maximum atomic E-state index is 11.9. The molecular formula is C13H15N3O2. The minimum atomic E-state index is -0.311. The van der Waals surface area contributed by atoms with Crippen molar-refractivity contribution >= 4 is 16.9 Å². The Morgan fingerprint density at radius 1 is 1.17 bits per heavy atom. The number of rotatable bonds is 1. The van der Waals surface area contributed by atoms with E-state index in [-0.39, 0.29) is 5.63 Å². The molecule has 0 aliphatic carbocycles. The van der Waals surface area contributed by atoms with Crippen molar-refractivity contribution < 1.29 is 4.42 Å². The Labute approximate surface area is 105 Å². The van der Waals surface area contributed by atoms with E-state index in [0.717, 1.165) is 26.2 Å². The summed E-state index contributed by atoms with van der Waals surface area (Å²) < 4.78 is 5.31. The molecule has 1 fully saturated rings. The molecule has 5 nitrogen and oxygen atoms in total. The van der Waals surface area contributed by atoms with Crippen LogP contribution in [-0.4, -0.2) is 43.1 Å². The molecule has 1 aromatic heterocycles. The van der Waals surface area contributed by atoms with Crippen molar-refractivity contribution in [1.29, 1.82) is 0 Å². The van der Waals surface area contributed by atoms with Crippen LogP contribution in [0.3, 0.4) is 0 Å². The van der Waals surface area contributed by atoms with Gasteiger partial charge in [-0.15, -0.1) is 0 Å². The Morgan fingerprint density at radius 3 is 2.67 bits per heavy atom. The summed E-state index contributed by atoms with van der Waals surface area (Å²) in [6.45, 7) is 3.59. The average molecular weight is 245 g/mol. The van der Waals surface area contributed by atoms with Gasteiger partial charge in [0.25, 0.3) is 0 Å². The first-order valence-corrected chi connectivity index (χ1v) is 6.07. The number of benzene rings is 1. The molecule has 18 heavy (non-hydrogen) atoms. The predicted octanol–water partition coefficient (Wildman–Crippen LogP) is 0.940. The molecule has 0 radical (unpaired) electrons. The maximum Gasteiger partial charge on any atom is 0.348 e. The lowest BCUT2D eigenvalue weighted by Crippen LogP contribution is -2.45. The SMILES string of the molecule is CN1CCN(c2nc3ccccc3c(=O)o2)CC1. The van der Waals surface area contributed by atoms with Gasteiger partial charge in [-0.25, -0.2) is 4.79 Å². The highest BCUT2D eigenvalue weighted by Crippen LogP contribution is 2.15. The highest BCUT2D eigenvalue weighted by atomic mass is 16.4. The van der Waals surface area contributed by atoms with E-state index in [1.54, 1.807) is 6.07 Å². The van der Waals surface area contributed by atoms with Crippen molar-refractivity contribution in [2.45, 2.75) is 0 Å². The summed E-state index contributed by atoms with van der Waals surface area (Å²) in [7, 11) is 2.08. The third-order valence-corrected chi connectivity index (χ3v) is 3.30. The van der Waals surface area contributed by atoms with Crippen molar-refractivity contribution in [1.82, 2.24) is 9.88 Å². The van der Waals surface area contributed by atoms with Crippen LogP contribution in [0.15, 0.2) is 33.5 Å². The lowest BCUT2D eigenvalue weighted by Gasteiger charge is -2.31. The second kappa shape index (κ2) is 4.42. The second-order valence-electron chi connectivity index (χ2n) is 4.59. The Balaban J connectivity index is 2.00. The van der Waals surface area contributed by atoms with Crippen molar-refractivity contribution in [3.8, 4) is 0 Å². The third-order valence-electron chi connectivity index (χ3n) is 3.30. The van der Waals surface area contributed by atoms with Crippen molar-refractivity contribution in [2.75, 3.05) is 38.1 Å². The van der Waals surface area contributed by atoms with Crippen LogP contribution in [-0.2, 0) is 0 Å². The van der Waals surface area contributed by atoms with E-state index in [1.165, 1.54) is 0 Å². The molecule has 0 unspecified atom stereocenters. The zero-order valence-corrected chi connectivity index (χ0v) is 10.3. The number of para-hydroxylation sites is 1. The summed E-state index contributed by atoms with van der Waals surface area (Å²) in [5, 5.41) is 0.537. The molecule has 0 bridgehead atoms. The number of hydrogen-bond donors (Lipinski definition) is 0. The lowest BCUT2D eigenvalue weighted by atomic mass is 10.2. The monoisotopic (exact) mass is 245 g/mol. The van der Waals surface area contributed by atoms with Gasteiger partial charge in [0.2, 0.25) is 0 Å². The Morgan fingerprint density at radius 2 is 1.89 bits per heavy atom. The van der Waals surface area contributed by atoms with Crippen LogP contribution < -0.4 is 10.5 Å². The molecule has 0 N–H and O–H groups in total. The zero-order chi connectivity index (χ0) is 12.5. The largest absolute Gasteiger partial charge is 0.389 e. The molecular weight excluding hydrogens is 230 g/mol. The topological polar surface area (TPSA) is 49.6 Å². The van der Waals surface area contributed by atoms with Gasteiger partial charge in [0.1, 0.15) is 0 Å². The van der Waals surface area contributed by atoms with Gasteiger partial charge in [-0.1, -0.05) is 12.1 Å². The number of likely N-dealkylation sites (N-methyl/N-ethyl adjacent to an activating group) is 1. The fraction of sp³-hybridized carbons (Fsp3) is 0.385. The number of piperazine rings is 1. The number of fused-ring (bicyclic) bond motifs is 1. The highest BCUT2D eigenvalue weighted by Gasteiger charge is 2.18. The van der Waals surface area contributed by atoms with E-state index in [4.69, 9.17) is 4.42 Å². The molecule has 1 aromatic carbocycles. The minimum Gasteiger partial charge on any atom is -0.389 e. The van der Waals surface area contributed by atoms with Crippen LogP contribution in [0.5, 0.6) is 0 Å². The molecule has 2 heterocycles. The van der Waals surface area contributed by atoms with Crippen LogP contribution in [0.1, 0.15) is 0 Å². The fourth-order valence-corrected chi connectivity index (χ4v) is 2.14. The van der Waals surface area contributed by atoms with E-state index in [9.17, 15) is 4.79 Å². The van der Waals surface area contributed by atoms with E-state index in [0.29, 0.717) is 16.9 Å². The summed E-state index contributed by atoms with van der Waals surface area (Å²) in [5.41, 5.74) is 0.386. The first-order chi connectivity index (χ1) is 8.74. The van der Waals surface area contributed by atoms with Gasteiger partial charge in [-0.05, 0) is 19.2 Å². The quantitative estimate of drug-likeness (QED) is 0.748. The summed E-state index contributed by atoms with van der Waals surface area (Å²) in [5.74, 6) is 0. The van der Waals surface area contributed by atoms with E-state index in [2.05, 4.69) is 16.9 Å². The predicted molar refractivity (Wildman–Crippen MR) is 70.0 cm³/mol. The van der Waals surface area contributed by atoms with Crippen LogP contribution in [0.4, 0.5) is 6.01 Å². The average Bonchev–Trinajstić information content (AvgIpc) is 2.39. The first-order valence-electron chi connectivity index (χ1n) is 6.07. The van der Waals surface area contributed by atoms with Crippen LogP contribution in [0.2, 0.25) is 0 Å². The molecule has 1 aliphatic rings. The van der Waals surface area contributed by atoms with Crippen molar-refractivity contribution in [3.05, 3.63) is 34.7 Å². The van der Waals surface area contributed by atoms with Gasteiger partial charge in [-0.2, -0.15) is 4.98 Å². The molecule has 5 heteroatoms. The molecule has 2 aromatic rings. The summed E-state index contributed by atoms with van der Waals surface area (Å²) in [6.07, 6.45) is 0. The maximum absolute atomic E-state index is 11.9. The van der Waals surface area contributed by atoms with Crippen LogP contribution in [0, 0.1) is 0 Å². The van der Waals surface area contributed by atoms with Gasteiger partial charge in [0.05, 0.1) is 10.9 Å². The van der Waals surface area contributed by atoms with E-state index in [1.807, 2.05) is 23.1 Å². The number of aromatic nitrogens is 1. The smallest absolute Gasteiger partial charge is 0.348 e. The molecule has 0 amide bonds. The summed E-state index contributed by atoms with van der Waals surface area (Å²) in [6, 6.07) is 7.71. The molecule has 1 aliphatic heterocycles. The van der Waals surface area contributed by atoms with Crippen molar-refractivity contribution in [2.24, 2.45) is 0 Å². The molecule has 3 rings (SSSR count). The van der Waals surface area contributed by atoms with E-state index < -0.39 is 0 Å². The third kappa shape index (κ3) is 1.97. The number of anilines is 1. The molecule has 94 valence electrons. The zero-order valence-electron chi connectivity index (χ0n) is 10.3. The van der Waals surface area contributed by atoms with Crippen molar-refractivity contribution in [3.63, 3.8) is 0 Å². The van der Waals surface area contributed by atoms with Gasteiger partial charge < -0.3 is 14.2 Å². The van der Waals surface area contributed by atoms with Gasteiger partial charge >= 0.3 is 11.6 Å². The van der Waals surface area contributed by atoms with Gasteiger partial charge in [0.15, 0.2) is 0 Å². The highest BCUT2D eigenvalue weighted by molar-refractivity contribution is 5.77. The molecule has 1 saturated heterocycles. The standard InChI is InChI=1S/C13H15N3O2/c1-15-6-8-16(9-7-15)13-14-11-5-3-2-4-10(11)12(17)18-13/h2-5H,6-9H2,1H3. The Hall–Kier alpha value is -1.88. The number of nitrogens with zero attached hydrogens (tertiary/aromatic N) is 3. The normalized spacial score (nSPS) is 17.3. The molecule has 0 atom stereocenters. The van der Waals surface area contributed by atoms with Crippen LogP contribution in [0.25, 0.3) is 10.9 Å². The minimum absolute atomic E-state index is 0.311. The van der Waals surface area contributed by atoms with E-state index >= 15 is 0 Å².